The number of nitrogens with zero attached hydrogens (tertiary/aromatic N) is 1. The number of rotatable bonds is 4. The summed E-state index contributed by atoms with van der Waals surface area (Å²) in [5.41, 5.74) is 5.44. The van der Waals surface area contributed by atoms with Crippen LogP contribution in [0.5, 0.6) is 0 Å². The number of hydrogen-bond acceptors (Lipinski definition) is 6. The van der Waals surface area contributed by atoms with Crippen molar-refractivity contribution in [1.29, 1.82) is 0 Å². The summed E-state index contributed by atoms with van der Waals surface area (Å²) in [6, 6.07) is 15.8. The predicted molar refractivity (Wildman–Crippen MR) is 126 cm³/mol. The van der Waals surface area contributed by atoms with Gasteiger partial charge in [0.1, 0.15) is 0 Å². The first-order valence-electron chi connectivity index (χ1n) is 10.7. The van der Waals surface area contributed by atoms with Crippen molar-refractivity contribution >= 4 is 34.6 Å². The van der Waals surface area contributed by atoms with Crippen molar-refractivity contribution in [2.75, 3.05) is 43.6 Å². The molecule has 3 aromatic rings. The maximum absolute atomic E-state index is 13.1. The highest BCUT2D eigenvalue weighted by Crippen LogP contribution is 2.39. The highest BCUT2D eigenvalue weighted by atomic mass is 32.1. The van der Waals surface area contributed by atoms with Gasteiger partial charge in [0.2, 0.25) is 0 Å². The Morgan fingerprint density at radius 1 is 1.03 bits per heavy atom. The largest absolute Gasteiger partial charge is 0.465 e. The second-order valence-electron chi connectivity index (χ2n) is 7.90. The van der Waals surface area contributed by atoms with Crippen LogP contribution in [0.25, 0.3) is 10.4 Å². The third-order valence-electron chi connectivity index (χ3n) is 5.99. The first-order valence-corrected chi connectivity index (χ1v) is 11.5. The van der Waals surface area contributed by atoms with Crippen LogP contribution in [-0.4, -0.2) is 45.3 Å². The molecule has 1 N–H and O–H groups in total. The summed E-state index contributed by atoms with van der Waals surface area (Å²) < 4.78 is 10.4. The first-order chi connectivity index (χ1) is 15.6. The molecule has 0 atom stereocenters. The van der Waals surface area contributed by atoms with E-state index in [-0.39, 0.29) is 5.91 Å². The lowest BCUT2D eigenvalue weighted by atomic mass is 9.91. The summed E-state index contributed by atoms with van der Waals surface area (Å²) in [5, 5.41) is 2.93. The Bertz CT molecular complexity index is 1180. The van der Waals surface area contributed by atoms with Gasteiger partial charge in [-0.15, -0.1) is 11.3 Å². The molecule has 0 radical (unpaired) electrons. The molecule has 164 valence electrons. The van der Waals surface area contributed by atoms with Crippen molar-refractivity contribution in [3.05, 3.63) is 70.1 Å². The van der Waals surface area contributed by atoms with Gasteiger partial charge in [0.25, 0.3) is 5.91 Å². The number of morpholine rings is 1. The highest BCUT2D eigenvalue weighted by molar-refractivity contribution is 7.17. The third kappa shape index (κ3) is 3.89. The van der Waals surface area contributed by atoms with Gasteiger partial charge in [-0.25, -0.2) is 4.79 Å². The van der Waals surface area contributed by atoms with Crippen LogP contribution < -0.4 is 10.2 Å². The zero-order chi connectivity index (χ0) is 22.1. The molecular weight excluding hydrogens is 424 g/mol. The van der Waals surface area contributed by atoms with E-state index < -0.39 is 5.97 Å². The van der Waals surface area contributed by atoms with E-state index in [1.165, 1.54) is 35.1 Å². The summed E-state index contributed by atoms with van der Waals surface area (Å²) in [6.45, 7) is 2.82. The molecule has 7 heteroatoms. The molecule has 1 aliphatic heterocycles. The number of carbonyl (C=O) groups is 2. The predicted octanol–water partition coefficient (Wildman–Crippen LogP) is 4.39. The van der Waals surface area contributed by atoms with Gasteiger partial charge in [-0.3, -0.25) is 4.79 Å². The monoisotopic (exact) mass is 448 g/mol. The van der Waals surface area contributed by atoms with E-state index >= 15 is 0 Å². The topological polar surface area (TPSA) is 67.9 Å². The molecule has 32 heavy (non-hydrogen) atoms. The molecule has 0 spiro atoms. The van der Waals surface area contributed by atoms with Gasteiger partial charge in [0, 0.05) is 23.7 Å². The third-order valence-corrected chi connectivity index (χ3v) is 7.20. The van der Waals surface area contributed by atoms with Crippen molar-refractivity contribution in [2.45, 2.75) is 12.8 Å². The summed E-state index contributed by atoms with van der Waals surface area (Å²) in [5.74, 6) is -0.694. The standard InChI is InChI=1S/C25H24N2O4S/c1-30-25(29)20-15-18(27-10-12-31-13-11-27)8-9-21(20)26-24(28)22-14-17-7-6-16-4-2-3-5-19(16)23(17)32-22/h2-5,8-9,14-15H,6-7,10-13H2,1H3,(H,26,28). The Morgan fingerprint density at radius 2 is 1.81 bits per heavy atom. The van der Waals surface area contributed by atoms with Crippen LogP contribution in [0.3, 0.4) is 0 Å². The molecule has 1 saturated heterocycles. The highest BCUT2D eigenvalue weighted by Gasteiger charge is 2.23. The fraction of sp³-hybridized carbons (Fsp3) is 0.280. The number of thiophene rings is 1. The maximum atomic E-state index is 13.1. The van der Waals surface area contributed by atoms with Gasteiger partial charge < -0.3 is 19.7 Å². The Morgan fingerprint density at radius 3 is 2.62 bits per heavy atom. The van der Waals surface area contributed by atoms with E-state index in [9.17, 15) is 9.59 Å². The number of ether oxygens (including phenoxy) is 2. The Balaban J connectivity index is 1.42. The maximum Gasteiger partial charge on any atom is 0.340 e. The lowest BCUT2D eigenvalue weighted by Crippen LogP contribution is -2.36. The van der Waals surface area contributed by atoms with Crippen molar-refractivity contribution in [3.8, 4) is 10.4 Å². The van der Waals surface area contributed by atoms with Gasteiger partial charge in [-0.05, 0) is 53.8 Å². The van der Waals surface area contributed by atoms with E-state index in [0.29, 0.717) is 29.3 Å². The second-order valence-corrected chi connectivity index (χ2v) is 8.95. The Kier molecular flexibility index (Phi) is 5.68. The van der Waals surface area contributed by atoms with Crippen LogP contribution in [0.1, 0.15) is 31.2 Å². The lowest BCUT2D eigenvalue weighted by molar-refractivity contribution is 0.0602. The molecule has 1 amide bonds. The molecule has 5 rings (SSSR count). The number of fused-ring (bicyclic) bond motifs is 3. The number of aryl methyl sites for hydroxylation is 2. The van der Waals surface area contributed by atoms with Gasteiger partial charge in [-0.2, -0.15) is 0 Å². The Hall–Kier alpha value is -3.16. The average Bonchev–Trinajstić information content (AvgIpc) is 3.29. The van der Waals surface area contributed by atoms with Crippen LogP contribution in [0.4, 0.5) is 11.4 Å². The molecule has 1 fully saturated rings. The van der Waals surface area contributed by atoms with E-state index in [2.05, 4.69) is 28.4 Å². The zero-order valence-electron chi connectivity index (χ0n) is 17.8. The van der Waals surface area contributed by atoms with Crippen LogP contribution in [-0.2, 0) is 22.3 Å². The molecule has 2 aromatic carbocycles. The average molecular weight is 449 g/mol. The second kappa shape index (κ2) is 8.76. The normalized spacial score (nSPS) is 15.0. The van der Waals surface area contributed by atoms with Gasteiger partial charge in [0.05, 0.1) is 36.5 Å². The molecule has 1 aromatic heterocycles. The summed E-state index contributed by atoms with van der Waals surface area (Å²) in [7, 11) is 1.35. The fourth-order valence-electron chi connectivity index (χ4n) is 4.31. The molecule has 0 unspecified atom stereocenters. The number of methoxy groups -OCH3 is 1. The first kappa shape index (κ1) is 20.7. The summed E-state index contributed by atoms with van der Waals surface area (Å²) in [4.78, 5) is 29.5. The quantitative estimate of drug-likeness (QED) is 0.600. The van der Waals surface area contributed by atoms with Gasteiger partial charge >= 0.3 is 5.97 Å². The number of amides is 1. The number of carbonyl (C=O) groups excluding carboxylic acids is 2. The van der Waals surface area contributed by atoms with E-state index in [1.807, 2.05) is 18.2 Å². The molecule has 6 nitrogen and oxygen atoms in total. The van der Waals surface area contributed by atoms with E-state index in [1.54, 1.807) is 12.1 Å². The molecule has 2 heterocycles. The molecule has 1 aliphatic carbocycles. The minimum atomic E-state index is -0.477. The van der Waals surface area contributed by atoms with Crippen molar-refractivity contribution < 1.29 is 19.1 Å². The molecule has 2 aliphatic rings. The van der Waals surface area contributed by atoms with Crippen LogP contribution >= 0.6 is 11.3 Å². The molecular formula is C25H24N2O4S. The van der Waals surface area contributed by atoms with Crippen molar-refractivity contribution in [3.63, 3.8) is 0 Å². The minimum absolute atomic E-state index is 0.217. The fourth-order valence-corrected chi connectivity index (χ4v) is 5.47. The summed E-state index contributed by atoms with van der Waals surface area (Å²) >= 11 is 1.50. The molecule has 0 saturated carbocycles. The Labute approximate surface area is 190 Å². The van der Waals surface area contributed by atoms with Gasteiger partial charge in [0.15, 0.2) is 0 Å². The van der Waals surface area contributed by atoms with Crippen molar-refractivity contribution in [1.82, 2.24) is 0 Å². The minimum Gasteiger partial charge on any atom is -0.465 e. The van der Waals surface area contributed by atoms with E-state index in [4.69, 9.17) is 9.47 Å². The number of anilines is 2. The van der Waals surface area contributed by atoms with Crippen LogP contribution in [0.15, 0.2) is 48.5 Å². The molecule has 0 bridgehead atoms. The smallest absolute Gasteiger partial charge is 0.340 e. The number of benzene rings is 2. The van der Waals surface area contributed by atoms with E-state index in [0.717, 1.165) is 36.5 Å². The van der Waals surface area contributed by atoms with Gasteiger partial charge in [-0.1, -0.05) is 24.3 Å². The number of nitrogens with one attached hydrogen (secondary N) is 1. The van der Waals surface area contributed by atoms with Crippen LogP contribution in [0, 0.1) is 0 Å². The number of hydrogen-bond donors (Lipinski definition) is 1. The van der Waals surface area contributed by atoms with Crippen LogP contribution in [0.2, 0.25) is 0 Å². The van der Waals surface area contributed by atoms with Crippen molar-refractivity contribution in [2.24, 2.45) is 0 Å². The SMILES string of the molecule is COC(=O)c1cc(N2CCOCC2)ccc1NC(=O)c1cc2c(s1)-c1ccccc1CC2. The zero-order valence-corrected chi connectivity index (χ0v) is 18.7. The summed E-state index contributed by atoms with van der Waals surface area (Å²) in [6.07, 6.45) is 1.91. The number of esters is 1. The lowest BCUT2D eigenvalue weighted by Gasteiger charge is -2.29.